The highest BCUT2D eigenvalue weighted by Gasteiger charge is 2.21. The van der Waals surface area contributed by atoms with Crippen molar-refractivity contribution >= 4 is 11.9 Å². The third kappa shape index (κ3) is 3.44. The third-order valence-electron chi connectivity index (χ3n) is 2.54. The molecule has 0 aromatic carbocycles. The summed E-state index contributed by atoms with van der Waals surface area (Å²) in [5, 5.41) is 11.3. The molecule has 1 aromatic heterocycles. The molecule has 0 saturated heterocycles. The first-order valence-electron chi connectivity index (χ1n) is 5.14. The van der Waals surface area contributed by atoms with Gasteiger partial charge in [-0.05, 0) is 19.9 Å². The monoisotopic (exact) mass is 238 g/mol. The molecule has 0 fully saturated rings. The van der Waals surface area contributed by atoms with Crippen LogP contribution in [0.4, 0.5) is 0 Å². The summed E-state index contributed by atoms with van der Waals surface area (Å²) < 4.78 is 0. The molecule has 0 saturated carbocycles. The molecule has 17 heavy (non-hydrogen) atoms. The number of carbonyl (C=O) groups excluding carboxylic acids is 1. The fourth-order valence-electron chi connectivity index (χ4n) is 1.18. The lowest BCUT2D eigenvalue weighted by molar-refractivity contribution is -0.141. The van der Waals surface area contributed by atoms with Gasteiger partial charge in [-0.2, -0.15) is 0 Å². The minimum absolute atomic E-state index is 0.286. The number of aromatic amines is 1. The number of hydrogen-bond acceptors (Lipinski definition) is 3. The maximum Gasteiger partial charge on any atom is 0.308 e. The number of pyridine rings is 1. The Morgan fingerprint density at radius 2 is 2.00 bits per heavy atom. The summed E-state index contributed by atoms with van der Waals surface area (Å²) >= 11 is 0. The van der Waals surface area contributed by atoms with Gasteiger partial charge in [0.1, 0.15) is 0 Å². The van der Waals surface area contributed by atoms with E-state index in [1.54, 1.807) is 6.92 Å². The molecule has 0 bridgehead atoms. The summed E-state index contributed by atoms with van der Waals surface area (Å²) in [7, 11) is 0. The highest BCUT2D eigenvalue weighted by molar-refractivity contribution is 5.94. The summed E-state index contributed by atoms with van der Waals surface area (Å²) in [5.41, 5.74) is -0.0115. The minimum atomic E-state index is -0.973. The highest BCUT2D eigenvalue weighted by Crippen LogP contribution is 2.04. The van der Waals surface area contributed by atoms with Crippen molar-refractivity contribution in [2.45, 2.75) is 19.9 Å². The number of aliphatic carboxylic acids is 1. The Labute approximate surface area is 97.7 Å². The molecule has 3 N–H and O–H groups in total. The van der Waals surface area contributed by atoms with Gasteiger partial charge in [-0.3, -0.25) is 14.4 Å². The zero-order chi connectivity index (χ0) is 13.0. The lowest BCUT2D eigenvalue weighted by Crippen LogP contribution is -2.40. The molecule has 2 atom stereocenters. The van der Waals surface area contributed by atoms with E-state index >= 15 is 0 Å². The molecule has 6 heteroatoms. The molecule has 0 aliphatic heterocycles. The van der Waals surface area contributed by atoms with Gasteiger partial charge in [-0.25, -0.2) is 0 Å². The molecule has 1 rings (SSSR count). The van der Waals surface area contributed by atoms with Gasteiger partial charge in [-0.15, -0.1) is 0 Å². The van der Waals surface area contributed by atoms with Crippen molar-refractivity contribution in [2.24, 2.45) is 5.92 Å². The molecule has 1 heterocycles. The lowest BCUT2D eigenvalue weighted by atomic mass is 10.0. The lowest BCUT2D eigenvalue weighted by Gasteiger charge is -2.17. The van der Waals surface area contributed by atoms with Crippen molar-refractivity contribution in [1.82, 2.24) is 10.3 Å². The largest absolute Gasteiger partial charge is 0.481 e. The third-order valence-corrected chi connectivity index (χ3v) is 2.54. The summed E-state index contributed by atoms with van der Waals surface area (Å²) in [6, 6.07) is 2.12. The van der Waals surface area contributed by atoms with E-state index in [1.165, 1.54) is 25.3 Å². The first kappa shape index (κ1) is 13.0. The molecule has 0 aliphatic carbocycles. The molecule has 2 unspecified atom stereocenters. The van der Waals surface area contributed by atoms with Crippen LogP contribution in [-0.4, -0.2) is 28.0 Å². The second-order valence-corrected chi connectivity index (χ2v) is 3.83. The highest BCUT2D eigenvalue weighted by atomic mass is 16.4. The van der Waals surface area contributed by atoms with Crippen LogP contribution < -0.4 is 10.9 Å². The first-order chi connectivity index (χ1) is 7.91. The molecular weight excluding hydrogens is 224 g/mol. The Hall–Kier alpha value is -2.11. The number of carboxylic acids is 1. The Morgan fingerprint density at radius 3 is 2.47 bits per heavy atom. The van der Waals surface area contributed by atoms with Crippen LogP contribution >= 0.6 is 0 Å². The fraction of sp³-hybridized carbons (Fsp3) is 0.364. The Bertz CT molecular complexity index is 460. The topological polar surface area (TPSA) is 99.3 Å². The molecule has 92 valence electrons. The number of nitrogens with one attached hydrogen (secondary N) is 2. The van der Waals surface area contributed by atoms with Crippen LogP contribution in [0.3, 0.4) is 0 Å². The molecule has 0 radical (unpaired) electrons. The molecule has 6 nitrogen and oxygen atoms in total. The first-order valence-corrected chi connectivity index (χ1v) is 5.14. The van der Waals surface area contributed by atoms with Crippen LogP contribution in [-0.2, 0) is 4.79 Å². The van der Waals surface area contributed by atoms with Crippen molar-refractivity contribution in [3.05, 3.63) is 34.2 Å². The van der Waals surface area contributed by atoms with Gasteiger partial charge in [0.2, 0.25) is 5.56 Å². The van der Waals surface area contributed by atoms with E-state index < -0.39 is 23.8 Å². The van der Waals surface area contributed by atoms with E-state index in [2.05, 4.69) is 10.3 Å². The van der Waals surface area contributed by atoms with Crippen LogP contribution in [0.2, 0.25) is 0 Å². The molecule has 1 amide bonds. The Morgan fingerprint density at radius 1 is 1.35 bits per heavy atom. The van der Waals surface area contributed by atoms with Gasteiger partial charge >= 0.3 is 5.97 Å². The molecule has 0 aliphatic rings. The summed E-state index contributed by atoms with van der Waals surface area (Å²) in [4.78, 5) is 35.5. The van der Waals surface area contributed by atoms with Crippen LogP contribution in [0.1, 0.15) is 24.2 Å². The fourth-order valence-corrected chi connectivity index (χ4v) is 1.18. The van der Waals surface area contributed by atoms with E-state index in [1.807, 2.05) is 0 Å². The SMILES string of the molecule is CC(NC(=O)c1ccc(=O)[nH]c1)C(C)C(=O)O. The zero-order valence-corrected chi connectivity index (χ0v) is 9.56. The van der Waals surface area contributed by atoms with Gasteiger partial charge in [0, 0.05) is 18.3 Å². The normalized spacial score (nSPS) is 13.8. The average molecular weight is 238 g/mol. The average Bonchev–Trinajstić information content (AvgIpc) is 2.28. The number of carboxylic acid groups (broad SMARTS) is 1. The van der Waals surface area contributed by atoms with Gasteiger partial charge in [0.25, 0.3) is 5.91 Å². The predicted molar refractivity (Wildman–Crippen MR) is 60.8 cm³/mol. The Kier molecular flexibility index (Phi) is 4.03. The van der Waals surface area contributed by atoms with Gasteiger partial charge in [-0.1, -0.05) is 0 Å². The van der Waals surface area contributed by atoms with Crippen LogP contribution in [0.25, 0.3) is 0 Å². The van der Waals surface area contributed by atoms with Crippen molar-refractivity contribution in [1.29, 1.82) is 0 Å². The standard InChI is InChI=1S/C11H14N2O4/c1-6(11(16)17)7(2)13-10(15)8-3-4-9(14)12-5-8/h3-7H,1-2H3,(H,12,14)(H,13,15)(H,16,17). The van der Waals surface area contributed by atoms with Crippen LogP contribution in [0.5, 0.6) is 0 Å². The van der Waals surface area contributed by atoms with Crippen LogP contribution in [0, 0.1) is 5.92 Å². The van der Waals surface area contributed by atoms with E-state index in [0.29, 0.717) is 0 Å². The van der Waals surface area contributed by atoms with E-state index in [0.717, 1.165) is 0 Å². The Balaban J connectivity index is 2.69. The van der Waals surface area contributed by atoms with Gasteiger partial charge < -0.3 is 15.4 Å². The number of aromatic nitrogens is 1. The summed E-state index contributed by atoms with van der Waals surface area (Å²) in [6.45, 7) is 3.13. The summed E-state index contributed by atoms with van der Waals surface area (Å²) in [5.74, 6) is -2.07. The van der Waals surface area contributed by atoms with Gasteiger partial charge in [0.15, 0.2) is 0 Å². The second-order valence-electron chi connectivity index (χ2n) is 3.83. The predicted octanol–water partition coefficient (Wildman–Crippen LogP) is 0.214. The smallest absolute Gasteiger partial charge is 0.308 e. The maximum atomic E-state index is 11.7. The van der Waals surface area contributed by atoms with Crippen molar-refractivity contribution in [3.8, 4) is 0 Å². The zero-order valence-electron chi connectivity index (χ0n) is 9.56. The van der Waals surface area contributed by atoms with Crippen molar-refractivity contribution < 1.29 is 14.7 Å². The number of H-pyrrole nitrogens is 1. The van der Waals surface area contributed by atoms with Crippen molar-refractivity contribution in [2.75, 3.05) is 0 Å². The molecule has 1 aromatic rings. The van der Waals surface area contributed by atoms with Crippen molar-refractivity contribution in [3.63, 3.8) is 0 Å². The van der Waals surface area contributed by atoms with E-state index in [9.17, 15) is 14.4 Å². The van der Waals surface area contributed by atoms with Crippen LogP contribution in [0.15, 0.2) is 23.1 Å². The van der Waals surface area contributed by atoms with Gasteiger partial charge in [0.05, 0.1) is 11.5 Å². The van der Waals surface area contributed by atoms with E-state index in [-0.39, 0.29) is 11.1 Å². The second kappa shape index (κ2) is 5.29. The quantitative estimate of drug-likeness (QED) is 0.698. The molecular formula is C11H14N2O4. The number of carbonyl (C=O) groups is 2. The number of amides is 1. The minimum Gasteiger partial charge on any atom is -0.481 e. The van der Waals surface area contributed by atoms with E-state index in [4.69, 9.17) is 5.11 Å². The number of hydrogen-bond donors (Lipinski definition) is 3. The maximum absolute atomic E-state index is 11.7. The summed E-state index contributed by atoms with van der Waals surface area (Å²) in [6.07, 6.45) is 1.29. The molecule has 0 spiro atoms. The number of rotatable bonds is 4.